The van der Waals surface area contributed by atoms with E-state index in [1.165, 1.54) is 0 Å². The summed E-state index contributed by atoms with van der Waals surface area (Å²) in [6.07, 6.45) is 5.41. The lowest BCUT2D eigenvalue weighted by Gasteiger charge is -2.22. The Hall–Kier alpha value is -2.21. The number of aromatic nitrogens is 3. The Labute approximate surface area is 129 Å². The summed E-state index contributed by atoms with van der Waals surface area (Å²) in [5, 5.41) is 0. The Morgan fingerprint density at radius 2 is 2.32 bits per heavy atom. The molecule has 0 radical (unpaired) electrons. The lowest BCUT2D eigenvalue weighted by Crippen LogP contribution is -2.33. The Morgan fingerprint density at radius 1 is 1.41 bits per heavy atom. The van der Waals surface area contributed by atoms with Crippen molar-refractivity contribution in [3.8, 4) is 0 Å². The third-order valence-corrected chi connectivity index (χ3v) is 3.86. The summed E-state index contributed by atoms with van der Waals surface area (Å²) in [6.45, 7) is 4.84. The molecule has 1 aliphatic rings. The number of amides is 1. The number of nitrogens with zero attached hydrogens (tertiary/aromatic N) is 4. The van der Waals surface area contributed by atoms with Crippen molar-refractivity contribution in [3.63, 3.8) is 0 Å². The van der Waals surface area contributed by atoms with Gasteiger partial charge < -0.3 is 14.2 Å². The minimum absolute atomic E-state index is 0.0874. The third kappa shape index (κ3) is 3.51. The Kier molecular flexibility index (Phi) is 4.48. The van der Waals surface area contributed by atoms with Crippen LogP contribution in [0.3, 0.4) is 0 Å². The van der Waals surface area contributed by atoms with Crippen LogP contribution in [0.1, 0.15) is 18.3 Å². The maximum atomic E-state index is 11.8. The summed E-state index contributed by atoms with van der Waals surface area (Å²) in [7, 11) is 0. The van der Waals surface area contributed by atoms with E-state index < -0.39 is 0 Å². The normalized spacial score (nSPS) is 17.9. The van der Waals surface area contributed by atoms with Crippen molar-refractivity contribution in [3.05, 3.63) is 48.3 Å². The van der Waals surface area contributed by atoms with Crippen molar-refractivity contribution in [1.29, 1.82) is 0 Å². The van der Waals surface area contributed by atoms with Crippen LogP contribution in [0.25, 0.3) is 0 Å². The molecular formula is C16H20N4O2. The Balaban J connectivity index is 1.61. The lowest BCUT2D eigenvalue weighted by atomic mass is 10.1. The quantitative estimate of drug-likeness (QED) is 0.858. The number of rotatable bonds is 4. The number of carbonyl (C=O) groups excluding carboxylic acids is 1. The van der Waals surface area contributed by atoms with E-state index in [0.29, 0.717) is 26.3 Å². The van der Waals surface area contributed by atoms with Crippen LogP contribution in [0, 0.1) is 5.92 Å². The summed E-state index contributed by atoms with van der Waals surface area (Å²) < 4.78 is 7.91. The zero-order valence-corrected chi connectivity index (χ0v) is 12.7. The average Bonchev–Trinajstić information content (AvgIpc) is 2.87. The summed E-state index contributed by atoms with van der Waals surface area (Å²) in [5.74, 6) is 0.340. The molecule has 0 aliphatic carbocycles. The lowest BCUT2D eigenvalue weighted by molar-refractivity contribution is -0.130. The van der Waals surface area contributed by atoms with Gasteiger partial charge in [0.1, 0.15) is 0 Å². The molecule has 0 spiro atoms. The molecular weight excluding hydrogens is 280 g/mol. The summed E-state index contributed by atoms with van der Waals surface area (Å²) >= 11 is 0. The number of pyridine rings is 1. The fourth-order valence-corrected chi connectivity index (χ4v) is 2.71. The van der Waals surface area contributed by atoms with Gasteiger partial charge in [0.2, 0.25) is 5.91 Å². The van der Waals surface area contributed by atoms with E-state index in [-0.39, 0.29) is 11.8 Å². The summed E-state index contributed by atoms with van der Waals surface area (Å²) in [6, 6.07) is 5.79. The van der Waals surface area contributed by atoms with Gasteiger partial charge >= 0.3 is 0 Å². The molecule has 0 N–H and O–H groups in total. The highest BCUT2D eigenvalue weighted by Gasteiger charge is 2.23. The van der Waals surface area contributed by atoms with E-state index in [9.17, 15) is 4.79 Å². The second-order valence-electron chi connectivity index (χ2n) is 5.64. The molecule has 3 heterocycles. The molecule has 1 amide bonds. The number of fused-ring (bicyclic) bond motifs is 1. The molecule has 1 aliphatic heterocycles. The Morgan fingerprint density at radius 3 is 3.09 bits per heavy atom. The molecule has 3 rings (SSSR count). The van der Waals surface area contributed by atoms with Gasteiger partial charge in [-0.3, -0.25) is 9.78 Å². The molecule has 0 unspecified atom stereocenters. The van der Waals surface area contributed by atoms with Gasteiger partial charge in [0, 0.05) is 38.3 Å². The number of hydrogen-bond donors (Lipinski definition) is 0. The number of carbonyl (C=O) groups is 1. The van der Waals surface area contributed by atoms with Crippen LogP contribution >= 0.6 is 0 Å². The fraction of sp³-hybridized carbons (Fsp3) is 0.438. The first-order valence-electron chi connectivity index (χ1n) is 7.44. The van der Waals surface area contributed by atoms with Gasteiger partial charge in [0.25, 0.3) is 0 Å². The molecule has 2 aromatic rings. The maximum Gasteiger partial charge on any atom is 0.219 e. The number of ether oxygens (including phenoxy) is 1. The average molecular weight is 300 g/mol. The van der Waals surface area contributed by atoms with Gasteiger partial charge in [-0.2, -0.15) is 0 Å². The topological polar surface area (TPSA) is 60.2 Å². The molecule has 0 saturated heterocycles. The summed E-state index contributed by atoms with van der Waals surface area (Å²) in [4.78, 5) is 22.0. The van der Waals surface area contributed by atoms with Gasteiger partial charge in [-0.15, -0.1) is 0 Å². The highest BCUT2D eigenvalue weighted by Crippen LogP contribution is 2.17. The molecule has 0 saturated carbocycles. The number of imidazole rings is 1. The number of hydrogen-bond acceptors (Lipinski definition) is 4. The first kappa shape index (κ1) is 14.7. The SMILES string of the molecule is CC(=O)N1Cc2cncn2C[C@@H](COCc2ccccn2)C1. The minimum Gasteiger partial charge on any atom is -0.375 e. The second-order valence-corrected chi connectivity index (χ2v) is 5.64. The predicted octanol–water partition coefficient (Wildman–Crippen LogP) is 1.47. The van der Waals surface area contributed by atoms with Gasteiger partial charge in [0.05, 0.1) is 37.5 Å². The Bertz CT molecular complexity index is 626. The zero-order chi connectivity index (χ0) is 15.4. The highest BCUT2D eigenvalue weighted by atomic mass is 16.5. The van der Waals surface area contributed by atoms with Crippen LogP contribution in [-0.4, -0.2) is 38.5 Å². The van der Waals surface area contributed by atoms with E-state index in [2.05, 4.69) is 14.5 Å². The van der Waals surface area contributed by atoms with Crippen LogP contribution in [0.4, 0.5) is 0 Å². The monoisotopic (exact) mass is 300 g/mol. The first-order valence-corrected chi connectivity index (χ1v) is 7.44. The van der Waals surface area contributed by atoms with Crippen LogP contribution in [0.15, 0.2) is 36.9 Å². The van der Waals surface area contributed by atoms with Crippen molar-refractivity contribution in [2.75, 3.05) is 13.2 Å². The second kappa shape index (κ2) is 6.70. The van der Waals surface area contributed by atoms with Crippen LogP contribution in [-0.2, 0) is 29.2 Å². The van der Waals surface area contributed by atoms with E-state index in [1.54, 1.807) is 13.1 Å². The molecule has 6 heteroatoms. The standard InChI is InChI=1S/C16H20N4O2/c1-13(21)19-7-14(8-20-12-17-6-16(20)9-19)10-22-11-15-4-2-3-5-18-15/h2-6,12,14H,7-11H2,1H3/t14-/m0/s1. The molecule has 0 aromatic carbocycles. The van der Waals surface area contributed by atoms with Gasteiger partial charge in [-0.05, 0) is 12.1 Å². The van der Waals surface area contributed by atoms with Crippen molar-refractivity contribution >= 4 is 5.91 Å². The molecule has 0 bridgehead atoms. The minimum atomic E-state index is 0.0874. The highest BCUT2D eigenvalue weighted by molar-refractivity contribution is 5.73. The first-order chi connectivity index (χ1) is 10.7. The van der Waals surface area contributed by atoms with Crippen molar-refractivity contribution < 1.29 is 9.53 Å². The molecule has 1 atom stereocenters. The van der Waals surface area contributed by atoms with E-state index >= 15 is 0 Å². The predicted molar refractivity (Wildman–Crippen MR) is 80.7 cm³/mol. The smallest absolute Gasteiger partial charge is 0.219 e. The van der Waals surface area contributed by atoms with E-state index in [4.69, 9.17) is 4.74 Å². The van der Waals surface area contributed by atoms with Crippen LogP contribution in [0.5, 0.6) is 0 Å². The summed E-state index contributed by atoms with van der Waals surface area (Å²) in [5.41, 5.74) is 1.99. The van der Waals surface area contributed by atoms with Crippen molar-refractivity contribution in [2.45, 2.75) is 26.6 Å². The molecule has 2 aromatic heterocycles. The van der Waals surface area contributed by atoms with Gasteiger partial charge in [0.15, 0.2) is 0 Å². The van der Waals surface area contributed by atoms with Crippen molar-refractivity contribution in [1.82, 2.24) is 19.4 Å². The van der Waals surface area contributed by atoms with E-state index in [1.807, 2.05) is 35.6 Å². The molecule has 116 valence electrons. The maximum absolute atomic E-state index is 11.8. The van der Waals surface area contributed by atoms with Gasteiger partial charge in [-0.25, -0.2) is 4.98 Å². The van der Waals surface area contributed by atoms with Crippen LogP contribution < -0.4 is 0 Å². The third-order valence-electron chi connectivity index (χ3n) is 3.86. The van der Waals surface area contributed by atoms with E-state index in [0.717, 1.165) is 17.9 Å². The zero-order valence-electron chi connectivity index (χ0n) is 12.7. The molecule has 0 fully saturated rings. The largest absolute Gasteiger partial charge is 0.375 e. The van der Waals surface area contributed by atoms with Gasteiger partial charge in [-0.1, -0.05) is 6.07 Å². The van der Waals surface area contributed by atoms with Crippen molar-refractivity contribution in [2.24, 2.45) is 5.92 Å². The molecule has 6 nitrogen and oxygen atoms in total. The fourth-order valence-electron chi connectivity index (χ4n) is 2.71. The van der Waals surface area contributed by atoms with Crippen LogP contribution in [0.2, 0.25) is 0 Å². The molecule has 22 heavy (non-hydrogen) atoms.